The molecular weight excluding hydrogens is 1200 g/mol. The fourth-order valence-electron chi connectivity index (χ4n) is 8.84. The second-order valence-electron chi connectivity index (χ2n) is 17.7. The SMILES string of the molecule is COc1cc(-c2cc(F)cc(Cl)c2)c(F)cc1-n1c2c(ccc1=O)CN(S(=O)(=O)Cc1cccnn1)CC2.COc1cc(Br)c(F)cc1-n1c2c(ccc1=O)CN(S(=O)(=O)Cc1cccnn1)CC2.OB(O)c1cc(F)cc(Cl)c1. The first kappa shape index (κ1) is 59.3. The zero-order chi connectivity index (χ0) is 57.6. The van der Waals surface area contributed by atoms with Gasteiger partial charge in [0.25, 0.3) is 11.1 Å². The highest BCUT2D eigenvalue weighted by Gasteiger charge is 2.32. The van der Waals surface area contributed by atoms with Crippen molar-refractivity contribution in [1.82, 2.24) is 38.1 Å². The average molecular weight is 1240 g/mol. The summed E-state index contributed by atoms with van der Waals surface area (Å²) in [6.45, 7) is 0.423. The number of hydrogen-bond acceptors (Lipinski definition) is 14. The highest BCUT2D eigenvalue weighted by Crippen LogP contribution is 2.36. The highest BCUT2D eigenvalue weighted by molar-refractivity contribution is 9.10. The van der Waals surface area contributed by atoms with Crippen LogP contribution in [0.5, 0.6) is 11.5 Å². The van der Waals surface area contributed by atoms with Gasteiger partial charge in [0.2, 0.25) is 20.0 Å². The Balaban J connectivity index is 0.000000179. The lowest BCUT2D eigenvalue weighted by molar-refractivity contribution is 0.381. The van der Waals surface area contributed by atoms with Crippen molar-refractivity contribution in [1.29, 1.82) is 0 Å². The van der Waals surface area contributed by atoms with Gasteiger partial charge in [-0.15, -0.1) is 0 Å². The molecule has 4 aromatic heterocycles. The number of pyridine rings is 2. The molecule has 0 saturated carbocycles. The van der Waals surface area contributed by atoms with Gasteiger partial charge in [0.05, 0.1) is 41.5 Å². The first-order chi connectivity index (χ1) is 38.0. The highest BCUT2D eigenvalue weighted by atomic mass is 79.9. The molecular formula is C52H44BBrCl2F4N8O10S2. The Morgan fingerprint density at radius 2 is 1.10 bits per heavy atom. The molecule has 416 valence electrons. The minimum Gasteiger partial charge on any atom is -0.495 e. The van der Waals surface area contributed by atoms with E-state index in [9.17, 15) is 39.6 Å². The molecule has 0 unspecified atom stereocenters. The molecule has 28 heteroatoms. The van der Waals surface area contributed by atoms with Crippen LogP contribution >= 0.6 is 39.1 Å². The van der Waals surface area contributed by atoms with E-state index >= 15 is 4.39 Å². The van der Waals surface area contributed by atoms with E-state index in [1.54, 1.807) is 36.4 Å². The summed E-state index contributed by atoms with van der Waals surface area (Å²) in [6.07, 6.45) is 3.43. The van der Waals surface area contributed by atoms with Gasteiger partial charge in [-0.1, -0.05) is 35.3 Å². The maximum Gasteiger partial charge on any atom is 0.488 e. The predicted octanol–water partition coefficient (Wildman–Crippen LogP) is 6.71. The van der Waals surface area contributed by atoms with Crippen LogP contribution in [-0.4, -0.2) is 99.5 Å². The quantitative estimate of drug-likeness (QED) is 0.0958. The summed E-state index contributed by atoms with van der Waals surface area (Å²) in [5.74, 6) is -2.53. The van der Waals surface area contributed by atoms with Crippen LogP contribution in [0, 0.1) is 23.3 Å². The van der Waals surface area contributed by atoms with Gasteiger partial charge in [0.15, 0.2) is 0 Å². The minimum absolute atomic E-state index is 0.0306. The molecule has 2 N–H and O–H groups in total. The lowest BCUT2D eigenvalue weighted by Gasteiger charge is -2.30. The van der Waals surface area contributed by atoms with E-state index in [2.05, 4.69) is 36.3 Å². The Bertz CT molecular complexity index is 3940. The fraction of sp³-hybridized carbons (Fsp3) is 0.192. The molecule has 8 aromatic rings. The van der Waals surface area contributed by atoms with Gasteiger partial charge in [0.1, 0.15) is 46.3 Å². The predicted molar refractivity (Wildman–Crippen MR) is 294 cm³/mol. The van der Waals surface area contributed by atoms with E-state index in [1.165, 1.54) is 86.8 Å². The first-order valence-electron chi connectivity index (χ1n) is 23.7. The molecule has 0 saturated heterocycles. The molecule has 80 heavy (non-hydrogen) atoms. The smallest absolute Gasteiger partial charge is 0.488 e. The van der Waals surface area contributed by atoms with Crippen LogP contribution in [0.15, 0.2) is 136 Å². The standard InChI is InChI=1S/C26H21ClF2N4O4S.C20H18BrFN4O4S.C6H5BClFO2/c1-37-25-12-21(17-9-18(27)11-19(28)10-17)22(29)13-24(25)33-23-6-8-32(14-16(23)4-5-26(33)34)38(35,36)15-20-3-2-7-30-31-20;1-30-19-9-15(21)16(22)10-18(19)26-17-6-8-25(11-13(17)4-5-20(26)27)31(28,29)12-14-3-2-7-23-24-14;8-5-1-4(7(10)11)2-6(9)3-5/h2-5,7,9-13H,6,8,14-15H2,1H3;2-5,7,9-10H,6,8,11-12H2,1H3;1-3,10-11H. The summed E-state index contributed by atoms with van der Waals surface area (Å²) in [7, 11) is -6.22. The van der Waals surface area contributed by atoms with Crippen LogP contribution in [-0.2, 0) is 57.5 Å². The molecule has 0 radical (unpaired) electrons. The van der Waals surface area contributed by atoms with E-state index in [0.29, 0.717) is 39.7 Å². The maximum absolute atomic E-state index is 15.4. The number of aromatic nitrogens is 6. The zero-order valence-electron chi connectivity index (χ0n) is 42.0. The van der Waals surface area contributed by atoms with Gasteiger partial charge in [-0.25, -0.2) is 34.4 Å². The maximum atomic E-state index is 15.4. The van der Waals surface area contributed by atoms with Crippen molar-refractivity contribution < 1.29 is 53.9 Å². The monoisotopic (exact) mass is 1240 g/mol. The summed E-state index contributed by atoms with van der Waals surface area (Å²) in [6, 6.07) is 24.5. The number of methoxy groups -OCH3 is 2. The van der Waals surface area contributed by atoms with E-state index in [-0.39, 0.29) is 104 Å². The van der Waals surface area contributed by atoms with Crippen LogP contribution in [0.25, 0.3) is 22.5 Å². The molecule has 2 aliphatic rings. The topological polar surface area (TPSA) is 229 Å². The largest absolute Gasteiger partial charge is 0.495 e. The van der Waals surface area contributed by atoms with E-state index in [4.69, 9.17) is 42.7 Å². The molecule has 0 aliphatic carbocycles. The summed E-state index contributed by atoms with van der Waals surface area (Å²) < 4.78 is 124. The molecule has 0 bridgehead atoms. The van der Waals surface area contributed by atoms with Gasteiger partial charge in [-0.2, -0.15) is 29.0 Å². The molecule has 0 fully saturated rings. The normalized spacial score (nSPS) is 13.4. The van der Waals surface area contributed by atoms with Crippen molar-refractivity contribution in [3.8, 4) is 34.0 Å². The Hall–Kier alpha value is -6.88. The number of fused-ring (bicyclic) bond motifs is 2. The number of sulfonamides is 2. The Kier molecular flexibility index (Phi) is 18.7. The molecule has 0 amide bonds. The van der Waals surface area contributed by atoms with Crippen LogP contribution in [0.4, 0.5) is 17.6 Å². The summed E-state index contributed by atoms with van der Waals surface area (Å²) in [5.41, 5.74) is 3.05. The van der Waals surface area contributed by atoms with Crippen LogP contribution in [0.3, 0.4) is 0 Å². The van der Waals surface area contributed by atoms with E-state index < -0.39 is 56.0 Å². The summed E-state index contributed by atoms with van der Waals surface area (Å²) in [5, 5.41) is 32.6. The third kappa shape index (κ3) is 13.8. The Morgan fingerprint density at radius 1 is 0.625 bits per heavy atom. The average Bonchev–Trinajstić information content (AvgIpc) is 3.45. The van der Waals surface area contributed by atoms with Gasteiger partial charge < -0.3 is 19.5 Å². The summed E-state index contributed by atoms with van der Waals surface area (Å²) in [4.78, 5) is 25.7. The van der Waals surface area contributed by atoms with Crippen molar-refractivity contribution in [2.45, 2.75) is 37.4 Å². The van der Waals surface area contributed by atoms with Gasteiger partial charge in [0, 0.05) is 103 Å². The number of halogens is 7. The molecule has 2 aliphatic heterocycles. The van der Waals surface area contributed by atoms with Gasteiger partial charge in [-0.3, -0.25) is 18.7 Å². The second kappa shape index (κ2) is 25.3. The number of hydrogen-bond donors (Lipinski definition) is 2. The number of rotatable bonds is 12. The lowest BCUT2D eigenvalue weighted by Crippen LogP contribution is -2.39. The minimum atomic E-state index is -3.71. The van der Waals surface area contributed by atoms with Crippen molar-refractivity contribution in [2.24, 2.45) is 0 Å². The number of benzene rings is 4. The van der Waals surface area contributed by atoms with Crippen molar-refractivity contribution >= 4 is 71.8 Å². The molecule has 0 atom stereocenters. The third-order valence-corrected chi connectivity index (χ3v) is 17.1. The Labute approximate surface area is 473 Å². The number of ether oxygens (including phenoxy) is 2. The molecule has 10 rings (SSSR count). The van der Waals surface area contributed by atoms with Crippen LogP contribution in [0.2, 0.25) is 10.0 Å². The molecule has 18 nitrogen and oxygen atoms in total. The van der Waals surface area contributed by atoms with Crippen molar-refractivity contribution in [3.63, 3.8) is 0 Å². The van der Waals surface area contributed by atoms with Crippen LogP contribution < -0.4 is 26.1 Å². The summed E-state index contributed by atoms with van der Waals surface area (Å²) >= 11 is 14.5. The molecule has 6 heterocycles. The second-order valence-corrected chi connectivity index (χ2v) is 23.4. The third-order valence-electron chi connectivity index (χ3n) is 12.5. The van der Waals surface area contributed by atoms with E-state index in [1.807, 2.05) is 0 Å². The van der Waals surface area contributed by atoms with E-state index in [0.717, 1.165) is 30.3 Å². The molecule has 0 spiro atoms. The zero-order valence-corrected chi connectivity index (χ0v) is 46.7. The first-order valence-corrected chi connectivity index (χ1v) is 28.5. The molecule has 4 aromatic carbocycles. The number of nitrogens with zero attached hydrogens (tertiary/aromatic N) is 8. The van der Waals surface area contributed by atoms with Gasteiger partial charge >= 0.3 is 7.12 Å². The Morgan fingerprint density at radius 3 is 1.55 bits per heavy atom. The van der Waals surface area contributed by atoms with Crippen molar-refractivity contribution in [2.75, 3.05) is 27.3 Å². The van der Waals surface area contributed by atoms with Gasteiger partial charge in [-0.05, 0) is 111 Å². The van der Waals surface area contributed by atoms with Crippen molar-refractivity contribution in [3.05, 3.63) is 214 Å². The fourth-order valence-corrected chi connectivity index (χ4v) is 12.4. The van der Waals surface area contributed by atoms with Crippen LogP contribution in [0.1, 0.15) is 33.9 Å². The lowest BCUT2D eigenvalue weighted by atomic mass is 9.80.